The molecule has 6 heteroatoms. The molecule has 1 fully saturated rings. The Hall–Kier alpha value is -3.41. The van der Waals surface area contributed by atoms with Gasteiger partial charge < -0.3 is 15.4 Å². The first-order valence-electron chi connectivity index (χ1n) is 10.8. The highest BCUT2D eigenvalue weighted by atomic mass is 16.5. The number of aromatic nitrogens is 1. The number of pyridine rings is 1. The maximum Gasteiger partial charge on any atom is 0.252 e. The molecule has 0 aliphatic heterocycles. The average Bonchev–Trinajstić information content (AvgIpc) is 2.82. The van der Waals surface area contributed by atoms with Crippen LogP contribution >= 0.6 is 0 Å². The van der Waals surface area contributed by atoms with Gasteiger partial charge in [-0.05, 0) is 49.2 Å². The third kappa shape index (κ3) is 5.02. The highest BCUT2D eigenvalue weighted by Gasteiger charge is 2.18. The molecule has 2 N–H and O–H groups in total. The Bertz CT molecular complexity index is 1070. The molecule has 160 valence electrons. The molecule has 1 heterocycles. The van der Waals surface area contributed by atoms with E-state index in [2.05, 4.69) is 10.6 Å². The van der Waals surface area contributed by atoms with Gasteiger partial charge >= 0.3 is 0 Å². The molecule has 31 heavy (non-hydrogen) atoms. The highest BCUT2D eigenvalue weighted by Crippen LogP contribution is 2.26. The van der Waals surface area contributed by atoms with E-state index in [4.69, 9.17) is 9.72 Å². The van der Waals surface area contributed by atoms with Crippen molar-refractivity contribution in [3.63, 3.8) is 0 Å². The molecule has 0 unspecified atom stereocenters. The average molecular weight is 418 g/mol. The zero-order valence-corrected chi connectivity index (χ0v) is 17.7. The summed E-state index contributed by atoms with van der Waals surface area (Å²) in [4.78, 5) is 30.0. The summed E-state index contributed by atoms with van der Waals surface area (Å²) in [6.45, 7) is -0.0378. The Morgan fingerprint density at radius 3 is 2.52 bits per heavy atom. The number of ether oxygens (including phenoxy) is 1. The normalized spacial score (nSPS) is 14.2. The second kappa shape index (κ2) is 9.60. The second-order valence-corrected chi connectivity index (χ2v) is 7.89. The lowest BCUT2D eigenvalue weighted by Gasteiger charge is -2.22. The lowest BCUT2D eigenvalue weighted by molar-refractivity contribution is -0.121. The van der Waals surface area contributed by atoms with Crippen LogP contribution in [-0.4, -0.2) is 36.5 Å². The number of hydrogen-bond donors (Lipinski definition) is 2. The molecule has 1 aliphatic rings. The van der Waals surface area contributed by atoms with Crippen LogP contribution in [0.3, 0.4) is 0 Å². The van der Waals surface area contributed by atoms with Crippen LogP contribution in [0.5, 0.6) is 5.75 Å². The first-order chi connectivity index (χ1) is 15.1. The lowest BCUT2D eigenvalue weighted by atomic mass is 9.95. The third-order valence-corrected chi connectivity index (χ3v) is 5.73. The first-order valence-corrected chi connectivity index (χ1v) is 10.8. The molecule has 0 atom stereocenters. The van der Waals surface area contributed by atoms with Crippen LogP contribution in [0.1, 0.15) is 42.5 Å². The third-order valence-electron chi connectivity index (χ3n) is 5.73. The van der Waals surface area contributed by atoms with Gasteiger partial charge in [-0.15, -0.1) is 0 Å². The number of para-hydroxylation sites is 1. The zero-order chi connectivity index (χ0) is 21.6. The van der Waals surface area contributed by atoms with Crippen molar-refractivity contribution in [2.45, 2.75) is 38.1 Å². The number of carbonyl (C=O) groups is 2. The van der Waals surface area contributed by atoms with Crippen molar-refractivity contribution in [1.29, 1.82) is 0 Å². The minimum absolute atomic E-state index is 0.0378. The monoisotopic (exact) mass is 417 g/mol. The van der Waals surface area contributed by atoms with E-state index < -0.39 is 0 Å². The summed E-state index contributed by atoms with van der Waals surface area (Å²) in [5.41, 5.74) is 2.81. The summed E-state index contributed by atoms with van der Waals surface area (Å²) in [6, 6.07) is 17.1. The molecule has 2 amide bonds. The van der Waals surface area contributed by atoms with Crippen LogP contribution in [-0.2, 0) is 4.79 Å². The van der Waals surface area contributed by atoms with E-state index in [-0.39, 0.29) is 24.4 Å². The number of hydrogen-bond acceptors (Lipinski definition) is 4. The molecular formula is C25H27N3O3. The van der Waals surface area contributed by atoms with Crippen molar-refractivity contribution in [1.82, 2.24) is 15.6 Å². The van der Waals surface area contributed by atoms with Gasteiger partial charge in [-0.3, -0.25) is 9.59 Å². The number of benzene rings is 2. The SMILES string of the molecule is COc1ccc(-c2cc(C(=O)NCC(=O)NC3CCCCC3)c3ccccc3n2)cc1. The Morgan fingerprint density at radius 1 is 1.03 bits per heavy atom. The summed E-state index contributed by atoms with van der Waals surface area (Å²) in [5.74, 6) is 0.327. The van der Waals surface area contributed by atoms with E-state index in [0.717, 1.165) is 47.9 Å². The lowest BCUT2D eigenvalue weighted by Crippen LogP contribution is -2.42. The number of nitrogens with zero attached hydrogens (tertiary/aromatic N) is 1. The molecule has 0 radical (unpaired) electrons. The molecule has 1 aliphatic carbocycles. The molecule has 3 aromatic rings. The van der Waals surface area contributed by atoms with E-state index in [1.54, 1.807) is 13.2 Å². The maximum atomic E-state index is 13.0. The van der Waals surface area contributed by atoms with Gasteiger partial charge in [0.15, 0.2) is 0 Å². The summed E-state index contributed by atoms with van der Waals surface area (Å²) < 4.78 is 5.22. The summed E-state index contributed by atoms with van der Waals surface area (Å²) in [7, 11) is 1.62. The molecule has 1 saturated carbocycles. The van der Waals surface area contributed by atoms with Crippen LogP contribution in [0.25, 0.3) is 22.2 Å². The zero-order valence-electron chi connectivity index (χ0n) is 17.7. The highest BCUT2D eigenvalue weighted by molar-refractivity contribution is 6.08. The van der Waals surface area contributed by atoms with Crippen LogP contribution < -0.4 is 15.4 Å². The van der Waals surface area contributed by atoms with Crippen LogP contribution in [0.4, 0.5) is 0 Å². The Labute approximate surface area is 182 Å². The van der Waals surface area contributed by atoms with Gasteiger partial charge in [0.05, 0.1) is 30.4 Å². The van der Waals surface area contributed by atoms with Crippen LogP contribution in [0.15, 0.2) is 54.6 Å². The van der Waals surface area contributed by atoms with Gasteiger partial charge in [-0.2, -0.15) is 0 Å². The van der Waals surface area contributed by atoms with Crippen molar-refractivity contribution in [3.05, 3.63) is 60.2 Å². The molecule has 1 aromatic heterocycles. The van der Waals surface area contributed by atoms with Gasteiger partial charge in [0.2, 0.25) is 5.91 Å². The molecule has 0 saturated heterocycles. The van der Waals surface area contributed by atoms with Crippen molar-refractivity contribution in [2.75, 3.05) is 13.7 Å². The van der Waals surface area contributed by atoms with E-state index >= 15 is 0 Å². The largest absolute Gasteiger partial charge is 0.497 e. The maximum absolute atomic E-state index is 13.0. The van der Waals surface area contributed by atoms with E-state index in [1.165, 1.54) is 6.42 Å². The molecule has 6 nitrogen and oxygen atoms in total. The predicted molar refractivity (Wildman–Crippen MR) is 121 cm³/mol. The smallest absolute Gasteiger partial charge is 0.252 e. The number of fused-ring (bicyclic) bond motifs is 1. The standard InChI is InChI=1S/C25H27N3O3/c1-31-19-13-11-17(12-14-19)23-15-21(20-9-5-6-10-22(20)28-23)25(30)26-16-24(29)27-18-7-3-2-4-8-18/h5-6,9-15,18H,2-4,7-8,16H2,1H3,(H,26,30)(H,27,29). The molecule has 4 rings (SSSR count). The summed E-state index contributed by atoms with van der Waals surface area (Å²) in [6.07, 6.45) is 5.55. The molecule has 0 spiro atoms. The summed E-state index contributed by atoms with van der Waals surface area (Å²) >= 11 is 0. The van der Waals surface area contributed by atoms with Gasteiger partial charge in [0, 0.05) is 17.0 Å². The molecule has 0 bridgehead atoms. The van der Waals surface area contributed by atoms with Crippen molar-refractivity contribution in [3.8, 4) is 17.0 Å². The predicted octanol–water partition coefficient (Wildman–Crippen LogP) is 4.09. The van der Waals surface area contributed by atoms with E-state index in [1.807, 2.05) is 48.5 Å². The second-order valence-electron chi connectivity index (χ2n) is 7.89. The van der Waals surface area contributed by atoms with Crippen LogP contribution in [0.2, 0.25) is 0 Å². The quantitative estimate of drug-likeness (QED) is 0.633. The van der Waals surface area contributed by atoms with E-state index in [0.29, 0.717) is 11.3 Å². The number of methoxy groups -OCH3 is 1. The Balaban J connectivity index is 1.53. The van der Waals surface area contributed by atoms with Gasteiger partial charge in [-0.25, -0.2) is 4.98 Å². The minimum atomic E-state index is -0.285. The topological polar surface area (TPSA) is 80.3 Å². The fourth-order valence-electron chi connectivity index (χ4n) is 4.05. The molecule has 2 aromatic carbocycles. The number of nitrogens with one attached hydrogen (secondary N) is 2. The van der Waals surface area contributed by atoms with Gasteiger partial charge in [0.25, 0.3) is 5.91 Å². The first kappa shape index (κ1) is 20.8. The van der Waals surface area contributed by atoms with Crippen LogP contribution in [0, 0.1) is 0 Å². The number of carbonyl (C=O) groups excluding carboxylic acids is 2. The minimum Gasteiger partial charge on any atom is -0.497 e. The van der Waals surface area contributed by atoms with E-state index in [9.17, 15) is 9.59 Å². The van der Waals surface area contributed by atoms with Gasteiger partial charge in [0.1, 0.15) is 5.75 Å². The van der Waals surface area contributed by atoms with Crippen molar-refractivity contribution >= 4 is 22.7 Å². The van der Waals surface area contributed by atoms with Crippen molar-refractivity contribution < 1.29 is 14.3 Å². The number of amides is 2. The molecular weight excluding hydrogens is 390 g/mol. The van der Waals surface area contributed by atoms with Crippen molar-refractivity contribution in [2.24, 2.45) is 0 Å². The number of rotatable bonds is 6. The van der Waals surface area contributed by atoms with Gasteiger partial charge in [-0.1, -0.05) is 37.5 Å². The fraction of sp³-hybridized carbons (Fsp3) is 0.320. The Kier molecular flexibility index (Phi) is 6.46. The Morgan fingerprint density at radius 2 is 1.77 bits per heavy atom. The fourth-order valence-corrected chi connectivity index (χ4v) is 4.05. The summed E-state index contributed by atoms with van der Waals surface area (Å²) in [5, 5.41) is 6.57.